The molecule has 176 valence electrons. The Morgan fingerprint density at radius 2 is 1.69 bits per heavy atom. The smallest absolute Gasteiger partial charge is 0.227 e. The Morgan fingerprint density at radius 1 is 0.943 bits per heavy atom. The lowest BCUT2D eigenvalue weighted by molar-refractivity contribution is -0.117. The number of rotatable bonds is 8. The molecule has 35 heavy (non-hydrogen) atoms. The molecule has 0 N–H and O–H groups in total. The molecule has 0 unspecified atom stereocenters. The third kappa shape index (κ3) is 4.70. The Kier molecular flexibility index (Phi) is 6.63. The third-order valence-corrected chi connectivity index (χ3v) is 6.83. The number of Topliss-reactive ketones (excluding diaryl/α,β-unsaturated/α-hetero) is 1. The second-order valence-corrected chi connectivity index (χ2v) is 9.03. The van der Waals surface area contributed by atoms with Crippen molar-refractivity contribution >= 4 is 29.1 Å². The van der Waals surface area contributed by atoms with Crippen LogP contribution < -0.4 is 9.64 Å². The van der Waals surface area contributed by atoms with Crippen molar-refractivity contribution in [3.63, 3.8) is 0 Å². The molecule has 1 aromatic heterocycles. The van der Waals surface area contributed by atoms with E-state index in [1.165, 1.54) is 11.8 Å². The zero-order valence-corrected chi connectivity index (χ0v) is 20.1. The Labute approximate surface area is 207 Å². The fourth-order valence-corrected chi connectivity index (χ4v) is 4.99. The number of anilines is 1. The molecule has 1 amide bonds. The molecule has 8 heteroatoms. The summed E-state index contributed by atoms with van der Waals surface area (Å²) in [4.78, 5) is 26.7. The quantitative estimate of drug-likeness (QED) is 0.257. The number of carbonyl (C=O) groups is 2. The average molecular weight is 485 g/mol. The molecule has 0 radical (unpaired) electrons. The molecule has 0 aliphatic carbocycles. The molecule has 4 aromatic rings. The first-order valence-corrected chi connectivity index (χ1v) is 12.3. The Morgan fingerprint density at radius 3 is 2.40 bits per heavy atom. The van der Waals surface area contributed by atoms with Crippen molar-refractivity contribution in [1.82, 2.24) is 14.8 Å². The number of methoxy groups -OCH3 is 1. The standard InChI is InChI=1S/C27H24N4O3S/c1-34-24-11-6-5-10-22(24)26-28-29-27(31(26)21-8-3-2-4-9-21)35-18-23(32)19-13-15-20(16-14-19)30-17-7-12-25(30)33/h2-6,8-11,13-16H,7,12,17-18H2,1H3. The van der Waals surface area contributed by atoms with E-state index in [2.05, 4.69) is 10.2 Å². The maximum Gasteiger partial charge on any atom is 0.227 e. The van der Waals surface area contributed by atoms with E-state index in [1.807, 2.05) is 71.3 Å². The second-order valence-electron chi connectivity index (χ2n) is 8.09. The summed E-state index contributed by atoms with van der Waals surface area (Å²) in [7, 11) is 1.63. The summed E-state index contributed by atoms with van der Waals surface area (Å²) in [5.74, 6) is 1.66. The van der Waals surface area contributed by atoms with Gasteiger partial charge in [-0.3, -0.25) is 14.2 Å². The number of thioether (sulfide) groups is 1. The number of nitrogens with zero attached hydrogens (tertiary/aromatic N) is 4. The Balaban J connectivity index is 1.39. The summed E-state index contributed by atoms with van der Waals surface area (Å²) < 4.78 is 7.48. The van der Waals surface area contributed by atoms with Gasteiger partial charge in [0, 0.05) is 29.9 Å². The number of para-hydroxylation sites is 2. The highest BCUT2D eigenvalue weighted by Gasteiger charge is 2.22. The van der Waals surface area contributed by atoms with Crippen LogP contribution in [0.5, 0.6) is 5.75 Å². The van der Waals surface area contributed by atoms with Crippen molar-refractivity contribution in [3.8, 4) is 22.8 Å². The van der Waals surface area contributed by atoms with Gasteiger partial charge in [0.1, 0.15) is 5.75 Å². The fraction of sp³-hybridized carbons (Fsp3) is 0.185. The molecule has 1 aliphatic heterocycles. The van der Waals surface area contributed by atoms with Gasteiger partial charge in [0.15, 0.2) is 16.8 Å². The minimum absolute atomic E-state index is 0.0178. The van der Waals surface area contributed by atoms with Crippen LogP contribution in [0.25, 0.3) is 17.1 Å². The monoisotopic (exact) mass is 484 g/mol. The van der Waals surface area contributed by atoms with E-state index in [4.69, 9.17) is 4.74 Å². The first kappa shape index (κ1) is 22.9. The molecule has 3 aromatic carbocycles. The molecule has 5 rings (SSSR count). The van der Waals surface area contributed by atoms with E-state index >= 15 is 0 Å². The van der Waals surface area contributed by atoms with Gasteiger partial charge in [-0.15, -0.1) is 10.2 Å². The maximum atomic E-state index is 13.0. The highest BCUT2D eigenvalue weighted by atomic mass is 32.2. The van der Waals surface area contributed by atoms with Gasteiger partial charge in [-0.25, -0.2) is 0 Å². The normalized spacial score (nSPS) is 13.3. The number of amides is 1. The lowest BCUT2D eigenvalue weighted by atomic mass is 10.1. The number of aromatic nitrogens is 3. The number of benzene rings is 3. The molecule has 1 aliphatic rings. The van der Waals surface area contributed by atoms with Gasteiger partial charge in [0.05, 0.1) is 18.4 Å². The number of ketones is 1. The summed E-state index contributed by atoms with van der Waals surface area (Å²) in [6.45, 7) is 0.728. The van der Waals surface area contributed by atoms with Gasteiger partial charge in [-0.1, -0.05) is 42.1 Å². The van der Waals surface area contributed by atoms with E-state index in [9.17, 15) is 9.59 Å². The zero-order valence-electron chi connectivity index (χ0n) is 19.3. The summed E-state index contributed by atoms with van der Waals surface area (Å²) in [5.41, 5.74) is 3.15. The van der Waals surface area contributed by atoms with Crippen LogP contribution in [0.1, 0.15) is 23.2 Å². The molecule has 7 nitrogen and oxygen atoms in total. The van der Waals surface area contributed by atoms with Gasteiger partial charge in [-0.05, 0) is 55.0 Å². The van der Waals surface area contributed by atoms with Crippen LogP contribution in [0.4, 0.5) is 5.69 Å². The molecule has 0 atom stereocenters. The molecular formula is C27H24N4O3S. The molecule has 0 spiro atoms. The van der Waals surface area contributed by atoms with E-state index in [-0.39, 0.29) is 17.4 Å². The molecule has 0 saturated carbocycles. The first-order valence-electron chi connectivity index (χ1n) is 11.4. The number of hydrogen-bond donors (Lipinski definition) is 0. The van der Waals surface area contributed by atoms with Crippen molar-refractivity contribution < 1.29 is 14.3 Å². The maximum absolute atomic E-state index is 13.0. The Bertz CT molecular complexity index is 1350. The molecular weight excluding hydrogens is 460 g/mol. The van der Waals surface area contributed by atoms with Crippen LogP contribution in [-0.4, -0.2) is 45.9 Å². The predicted octanol–water partition coefficient (Wildman–Crippen LogP) is 5.04. The first-order chi connectivity index (χ1) is 17.2. The van der Waals surface area contributed by atoms with Crippen molar-refractivity contribution in [1.29, 1.82) is 0 Å². The van der Waals surface area contributed by atoms with Gasteiger partial charge < -0.3 is 9.64 Å². The second kappa shape index (κ2) is 10.1. The zero-order chi connectivity index (χ0) is 24.2. The van der Waals surface area contributed by atoms with Gasteiger partial charge in [0.25, 0.3) is 0 Å². The van der Waals surface area contributed by atoms with Crippen molar-refractivity contribution in [2.24, 2.45) is 0 Å². The van der Waals surface area contributed by atoms with Gasteiger partial charge in [-0.2, -0.15) is 0 Å². The lowest BCUT2D eigenvalue weighted by Crippen LogP contribution is -2.23. The third-order valence-electron chi connectivity index (χ3n) is 5.90. The molecule has 1 saturated heterocycles. The predicted molar refractivity (Wildman–Crippen MR) is 136 cm³/mol. The highest BCUT2D eigenvalue weighted by molar-refractivity contribution is 7.99. The van der Waals surface area contributed by atoms with Crippen molar-refractivity contribution in [2.45, 2.75) is 18.0 Å². The van der Waals surface area contributed by atoms with E-state index in [1.54, 1.807) is 24.1 Å². The molecule has 2 heterocycles. The summed E-state index contributed by atoms with van der Waals surface area (Å²) in [6.07, 6.45) is 1.45. The average Bonchev–Trinajstić information content (AvgIpc) is 3.54. The number of carbonyl (C=O) groups excluding carboxylic acids is 2. The van der Waals surface area contributed by atoms with E-state index in [0.29, 0.717) is 28.7 Å². The highest BCUT2D eigenvalue weighted by Crippen LogP contribution is 2.33. The molecule has 1 fully saturated rings. The summed E-state index contributed by atoms with van der Waals surface area (Å²) in [5, 5.41) is 9.47. The number of ether oxygens (including phenoxy) is 1. The van der Waals surface area contributed by atoms with Crippen LogP contribution in [0.2, 0.25) is 0 Å². The minimum Gasteiger partial charge on any atom is -0.496 e. The molecule has 0 bridgehead atoms. The van der Waals surface area contributed by atoms with Crippen molar-refractivity contribution in [2.75, 3.05) is 24.3 Å². The lowest BCUT2D eigenvalue weighted by Gasteiger charge is -2.15. The van der Waals surface area contributed by atoms with Crippen LogP contribution in [-0.2, 0) is 4.79 Å². The van der Waals surface area contributed by atoms with E-state index in [0.717, 1.165) is 29.9 Å². The largest absolute Gasteiger partial charge is 0.496 e. The van der Waals surface area contributed by atoms with Crippen LogP contribution in [0, 0.1) is 0 Å². The SMILES string of the molecule is COc1ccccc1-c1nnc(SCC(=O)c2ccc(N3CCCC3=O)cc2)n1-c1ccccc1. The summed E-state index contributed by atoms with van der Waals surface area (Å²) >= 11 is 1.34. The topological polar surface area (TPSA) is 77.3 Å². The van der Waals surface area contributed by atoms with Gasteiger partial charge in [0.2, 0.25) is 5.91 Å². The Hall–Kier alpha value is -3.91. The minimum atomic E-state index is -0.0178. The number of hydrogen-bond acceptors (Lipinski definition) is 6. The van der Waals surface area contributed by atoms with Crippen LogP contribution >= 0.6 is 11.8 Å². The van der Waals surface area contributed by atoms with Crippen LogP contribution in [0.3, 0.4) is 0 Å². The summed E-state index contributed by atoms with van der Waals surface area (Å²) in [6, 6.07) is 24.7. The fourth-order valence-electron chi connectivity index (χ4n) is 4.14. The van der Waals surface area contributed by atoms with Gasteiger partial charge >= 0.3 is 0 Å². The van der Waals surface area contributed by atoms with Crippen molar-refractivity contribution in [3.05, 3.63) is 84.4 Å². The van der Waals surface area contributed by atoms with Crippen LogP contribution in [0.15, 0.2) is 84.0 Å². The van der Waals surface area contributed by atoms with E-state index < -0.39 is 0 Å².